The summed E-state index contributed by atoms with van der Waals surface area (Å²) >= 11 is 9.84. The van der Waals surface area contributed by atoms with E-state index in [9.17, 15) is 0 Å². The van der Waals surface area contributed by atoms with E-state index in [1.165, 1.54) is 11.1 Å². The van der Waals surface area contributed by atoms with Crippen molar-refractivity contribution in [3.63, 3.8) is 0 Å². The summed E-state index contributed by atoms with van der Waals surface area (Å²) in [5.74, 6) is 0.423. The Balaban J connectivity index is 2.21. The predicted molar refractivity (Wildman–Crippen MR) is 90.6 cm³/mol. The third-order valence-electron chi connectivity index (χ3n) is 3.38. The minimum Gasteiger partial charge on any atom is -0.316 e. The van der Waals surface area contributed by atoms with Crippen LogP contribution in [-0.2, 0) is 6.42 Å². The monoisotopic (exact) mass is 351 g/mol. The fourth-order valence-electron chi connectivity index (χ4n) is 2.32. The molecule has 0 aliphatic heterocycles. The molecule has 0 heterocycles. The largest absolute Gasteiger partial charge is 0.316 e. The predicted octanol–water partition coefficient (Wildman–Crippen LogP) is 5.04. The summed E-state index contributed by atoms with van der Waals surface area (Å²) in [4.78, 5) is 0. The van der Waals surface area contributed by atoms with Crippen LogP contribution in [0.1, 0.15) is 24.0 Å². The molecule has 1 N–H and O–H groups in total. The van der Waals surface area contributed by atoms with Crippen LogP contribution >= 0.6 is 27.5 Å². The highest BCUT2D eigenvalue weighted by Gasteiger charge is 2.14. The van der Waals surface area contributed by atoms with Crippen molar-refractivity contribution in [3.05, 3.63) is 69.2 Å². The lowest BCUT2D eigenvalue weighted by molar-refractivity contribution is 0.595. The van der Waals surface area contributed by atoms with Gasteiger partial charge in [-0.2, -0.15) is 0 Å². The molecule has 1 nitrogen and oxygen atoms in total. The van der Waals surface area contributed by atoms with Crippen molar-refractivity contribution in [1.82, 2.24) is 5.32 Å². The summed E-state index contributed by atoms with van der Waals surface area (Å²) in [5, 5.41) is 4.30. The van der Waals surface area contributed by atoms with E-state index in [0.29, 0.717) is 5.92 Å². The van der Waals surface area contributed by atoms with Gasteiger partial charge in [0, 0.05) is 22.0 Å². The van der Waals surface area contributed by atoms with Crippen LogP contribution in [0.15, 0.2) is 53.0 Å². The quantitative estimate of drug-likeness (QED) is 0.768. The normalized spacial score (nSPS) is 12.3. The van der Waals surface area contributed by atoms with E-state index in [2.05, 4.69) is 58.5 Å². The zero-order valence-corrected chi connectivity index (χ0v) is 13.9. The molecule has 2 rings (SSSR count). The average molecular weight is 353 g/mol. The van der Waals surface area contributed by atoms with Crippen LogP contribution in [0.5, 0.6) is 0 Å². The van der Waals surface area contributed by atoms with Gasteiger partial charge in [-0.3, -0.25) is 0 Å². The second-order valence-electron chi connectivity index (χ2n) is 4.86. The van der Waals surface area contributed by atoms with Gasteiger partial charge < -0.3 is 5.32 Å². The van der Waals surface area contributed by atoms with E-state index < -0.39 is 0 Å². The van der Waals surface area contributed by atoms with Crippen molar-refractivity contribution >= 4 is 27.5 Å². The first-order valence-electron chi connectivity index (χ1n) is 6.90. The van der Waals surface area contributed by atoms with Gasteiger partial charge in [0.15, 0.2) is 0 Å². The maximum Gasteiger partial charge on any atom is 0.0438 e. The van der Waals surface area contributed by atoms with Crippen LogP contribution in [0.4, 0.5) is 0 Å². The molecule has 106 valence electrons. The van der Waals surface area contributed by atoms with Crippen molar-refractivity contribution in [1.29, 1.82) is 0 Å². The molecular weight excluding hydrogens is 334 g/mol. The minimum atomic E-state index is 0.423. The maximum absolute atomic E-state index is 6.29. The molecule has 0 aliphatic rings. The molecule has 20 heavy (non-hydrogen) atoms. The van der Waals surface area contributed by atoms with Gasteiger partial charge in [0.25, 0.3) is 0 Å². The number of likely N-dealkylation sites (N-methyl/N-ethyl adjacent to an activating group) is 1. The van der Waals surface area contributed by atoms with Crippen LogP contribution in [0.25, 0.3) is 0 Å². The van der Waals surface area contributed by atoms with Gasteiger partial charge in [0.05, 0.1) is 0 Å². The Morgan fingerprint density at radius 2 is 1.95 bits per heavy atom. The lowest BCUT2D eigenvalue weighted by atomic mass is 9.92. The number of hydrogen-bond acceptors (Lipinski definition) is 1. The molecule has 0 spiro atoms. The number of rotatable bonds is 6. The summed E-state index contributed by atoms with van der Waals surface area (Å²) in [7, 11) is 0. The van der Waals surface area contributed by atoms with Gasteiger partial charge in [0.1, 0.15) is 0 Å². The second kappa shape index (κ2) is 7.82. The van der Waals surface area contributed by atoms with Crippen molar-refractivity contribution in [3.8, 4) is 0 Å². The third kappa shape index (κ3) is 4.34. The Hall–Kier alpha value is -0.830. The van der Waals surface area contributed by atoms with E-state index in [1.807, 2.05) is 18.2 Å². The molecule has 0 saturated carbocycles. The van der Waals surface area contributed by atoms with Gasteiger partial charge in [-0.1, -0.05) is 64.8 Å². The first kappa shape index (κ1) is 15.6. The molecule has 0 aliphatic carbocycles. The maximum atomic E-state index is 6.29. The standard InChI is InChI=1S/C17H19BrClN/c1-2-20-12-15(13-7-5-8-16(18)11-13)10-14-6-3-4-9-17(14)19/h3-9,11,15,20H,2,10,12H2,1H3. The summed E-state index contributed by atoms with van der Waals surface area (Å²) < 4.78 is 1.12. The highest BCUT2D eigenvalue weighted by molar-refractivity contribution is 9.10. The molecule has 0 amide bonds. The van der Waals surface area contributed by atoms with Gasteiger partial charge in [-0.05, 0) is 42.3 Å². The molecule has 0 bridgehead atoms. The zero-order valence-electron chi connectivity index (χ0n) is 11.6. The summed E-state index contributed by atoms with van der Waals surface area (Å²) in [5.41, 5.74) is 2.54. The van der Waals surface area contributed by atoms with Crippen LogP contribution in [0, 0.1) is 0 Å². The van der Waals surface area contributed by atoms with Crippen LogP contribution in [0.2, 0.25) is 5.02 Å². The Kier molecular flexibility index (Phi) is 6.08. The molecule has 0 radical (unpaired) electrons. The lowest BCUT2D eigenvalue weighted by Gasteiger charge is -2.19. The summed E-state index contributed by atoms with van der Waals surface area (Å²) in [6, 6.07) is 16.6. The third-order valence-corrected chi connectivity index (χ3v) is 4.25. The smallest absolute Gasteiger partial charge is 0.0438 e. The SMILES string of the molecule is CCNCC(Cc1ccccc1Cl)c1cccc(Br)c1. The number of halogens is 2. The van der Waals surface area contributed by atoms with Gasteiger partial charge in [0.2, 0.25) is 0 Å². The molecule has 3 heteroatoms. The Morgan fingerprint density at radius 3 is 2.65 bits per heavy atom. The molecule has 2 aromatic rings. The molecule has 0 aromatic heterocycles. The lowest BCUT2D eigenvalue weighted by Crippen LogP contribution is -2.22. The molecule has 1 atom stereocenters. The number of benzene rings is 2. The van der Waals surface area contributed by atoms with Crippen LogP contribution in [0.3, 0.4) is 0 Å². The number of hydrogen-bond donors (Lipinski definition) is 1. The number of nitrogens with one attached hydrogen (secondary N) is 1. The van der Waals surface area contributed by atoms with E-state index in [4.69, 9.17) is 11.6 Å². The van der Waals surface area contributed by atoms with Gasteiger partial charge in [-0.15, -0.1) is 0 Å². The Bertz CT molecular complexity index is 556. The Labute approximate surface area is 134 Å². The van der Waals surface area contributed by atoms with Crippen LogP contribution in [-0.4, -0.2) is 13.1 Å². The topological polar surface area (TPSA) is 12.0 Å². The van der Waals surface area contributed by atoms with Crippen molar-refractivity contribution in [2.45, 2.75) is 19.3 Å². The first-order chi connectivity index (χ1) is 9.70. The van der Waals surface area contributed by atoms with Crippen molar-refractivity contribution in [2.75, 3.05) is 13.1 Å². The fraction of sp³-hybridized carbons (Fsp3) is 0.294. The Morgan fingerprint density at radius 1 is 1.15 bits per heavy atom. The molecule has 0 fully saturated rings. The zero-order chi connectivity index (χ0) is 14.4. The molecule has 0 saturated heterocycles. The fourth-order valence-corrected chi connectivity index (χ4v) is 2.95. The summed E-state index contributed by atoms with van der Waals surface area (Å²) in [6.07, 6.45) is 0.948. The second-order valence-corrected chi connectivity index (χ2v) is 6.18. The van der Waals surface area contributed by atoms with E-state index in [-0.39, 0.29) is 0 Å². The van der Waals surface area contributed by atoms with E-state index in [0.717, 1.165) is 29.0 Å². The molecule has 1 unspecified atom stereocenters. The first-order valence-corrected chi connectivity index (χ1v) is 8.07. The average Bonchev–Trinajstić information content (AvgIpc) is 2.45. The van der Waals surface area contributed by atoms with Crippen molar-refractivity contribution < 1.29 is 0 Å². The highest BCUT2D eigenvalue weighted by Crippen LogP contribution is 2.26. The highest BCUT2D eigenvalue weighted by atomic mass is 79.9. The van der Waals surface area contributed by atoms with E-state index >= 15 is 0 Å². The van der Waals surface area contributed by atoms with E-state index in [1.54, 1.807) is 0 Å². The molecule has 2 aromatic carbocycles. The van der Waals surface area contributed by atoms with Gasteiger partial charge in [-0.25, -0.2) is 0 Å². The molecular formula is C17H19BrClN. The van der Waals surface area contributed by atoms with Crippen LogP contribution < -0.4 is 5.32 Å². The summed E-state index contributed by atoms with van der Waals surface area (Å²) in [6.45, 7) is 4.07. The van der Waals surface area contributed by atoms with Crippen molar-refractivity contribution in [2.24, 2.45) is 0 Å². The minimum absolute atomic E-state index is 0.423. The van der Waals surface area contributed by atoms with Gasteiger partial charge >= 0.3 is 0 Å².